The van der Waals surface area contributed by atoms with Gasteiger partial charge in [0.15, 0.2) is 11.4 Å². The van der Waals surface area contributed by atoms with Crippen LogP contribution in [0, 0.1) is 57.7 Å². The number of hydrogen-bond donors (Lipinski definition) is 1. The van der Waals surface area contributed by atoms with E-state index < -0.39 is 34.0 Å². The number of carbonyl (C=O) groups excluding carboxylic acids is 5. The van der Waals surface area contributed by atoms with Crippen molar-refractivity contribution >= 4 is 29.5 Å². The molecular weight excluding hydrogens is 693 g/mol. The Morgan fingerprint density at radius 2 is 1.64 bits per heavy atom. The molecule has 8 heteroatoms. The van der Waals surface area contributed by atoms with E-state index in [1.165, 1.54) is 18.4 Å². The summed E-state index contributed by atoms with van der Waals surface area (Å²) in [7, 11) is 0. The maximum Gasteiger partial charge on any atom is 0.346 e. The first kappa shape index (κ1) is 38.5. The van der Waals surface area contributed by atoms with Crippen molar-refractivity contribution < 1.29 is 38.6 Å². The highest BCUT2D eigenvalue weighted by atomic mass is 16.6. The standard InChI is InChI=1S/C47H60O8/c1-6-45-22-18-33-32-14-11-28(3)25-29(32)12-15-34(33)37(45)19-23-46(45,7-2)55-40(51)10-8-9-39(50)54-42(52)47(53)24-20-36-35-16-13-30-26-31(48)17-21-43(30,4)41(35)38(49)27-44(36,47)5/h7,17,21,25-26,32-37,41,53H,2-3,6,8-16,18-20,22-24,27H2,1,4-5H3. The van der Waals surface area contributed by atoms with Gasteiger partial charge in [-0.05, 0) is 144 Å². The summed E-state index contributed by atoms with van der Waals surface area (Å²) in [4.78, 5) is 66.3. The van der Waals surface area contributed by atoms with Gasteiger partial charge in [0, 0.05) is 41.4 Å². The molecule has 0 heterocycles. The quantitative estimate of drug-likeness (QED) is 0.149. The van der Waals surface area contributed by atoms with Gasteiger partial charge in [-0.2, -0.15) is 0 Å². The number of Topliss-reactive ketones (excluding diaryl/α,β-unsaturated/α-hetero) is 1. The average Bonchev–Trinajstić information content (AvgIpc) is 3.62. The molecule has 0 bridgehead atoms. The first-order valence-corrected chi connectivity index (χ1v) is 21.3. The molecule has 55 heavy (non-hydrogen) atoms. The van der Waals surface area contributed by atoms with Gasteiger partial charge in [-0.25, -0.2) is 4.79 Å². The van der Waals surface area contributed by atoms with E-state index >= 15 is 0 Å². The van der Waals surface area contributed by atoms with Gasteiger partial charge in [-0.15, -0.1) is 0 Å². The molecule has 296 valence electrons. The van der Waals surface area contributed by atoms with Gasteiger partial charge in [-0.1, -0.05) is 62.8 Å². The molecule has 0 aromatic heterocycles. The molecule has 12 unspecified atom stereocenters. The summed E-state index contributed by atoms with van der Waals surface area (Å²) in [5.74, 6) is -0.338. The molecule has 0 aliphatic heterocycles. The van der Waals surface area contributed by atoms with Crippen molar-refractivity contribution in [2.24, 2.45) is 57.7 Å². The summed E-state index contributed by atoms with van der Waals surface area (Å²) in [6, 6.07) is 0. The maximum atomic E-state index is 13.9. The second-order valence-corrected chi connectivity index (χ2v) is 19.2. The molecule has 0 radical (unpaired) electrons. The van der Waals surface area contributed by atoms with Crippen LogP contribution >= 0.6 is 0 Å². The van der Waals surface area contributed by atoms with Crippen molar-refractivity contribution in [2.75, 3.05) is 0 Å². The third-order valence-electron chi connectivity index (χ3n) is 17.3. The van der Waals surface area contributed by atoms with Crippen molar-refractivity contribution in [3.8, 4) is 0 Å². The van der Waals surface area contributed by atoms with Crippen LogP contribution in [0.15, 0.2) is 60.3 Å². The summed E-state index contributed by atoms with van der Waals surface area (Å²) in [5, 5.41) is 12.0. The van der Waals surface area contributed by atoms with Gasteiger partial charge in [0.05, 0.1) is 0 Å². The second-order valence-electron chi connectivity index (χ2n) is 19.2. The van der Waals surface area contributed by atoms with Gasteiger partial charge in [0.1, 0.15) is 11.4 Å². The van der Waals surface area contributed by atoms with E-state index in [4.69, 9.17) is 9.47 Å². The van der Waals surface area contributed by atoms with Gasteiger partial charge in [-0.3, -0.25) is 19.2 Å². The normalized spacial score (nSPS) is 44.1. The minimum atomic E-state index is -1.98. The topological polar surface area (TPSA) is 124 Å². The number of carbonyl (C=O) groups is 5. The van der Waals surface area contributed by atoms with Crippen LogP contribution in [0.2, 0.25) is 0 Å². The van der Waals surface area contributed by atoms with Gasteiger partial charge >= 0.3 is 17.9 Å². The number of hydrogen-bond acceptors (Lipinski definition) is 8. The van der Waals surface area contributed by atoms with Crippen molar-refractivity contribution in [3.05, 3.63) is 60.3 Å². The summed E-state index contributed by atoms with van der Waals surface area (Å²) in [5.41, 5.74) is -0.665. The smallest absolute Gasteiger partial charge is 0.346 e. The van der Waals surface area contributed by atoms with Crippen molar-refractivity contribution in [2.45, 2.75) is 141 Å². The van der Waals surface area contributed by atoms with Crippen LogP contribution in [-0.4, -0.2) is 45.8 Å². The van der Waals surface area contributed by atoms with E-state index in [0.717, 1.165) is 50.5 Å². The van der Waals surface area contributed by atoms with Crippen LogP contribution in [-0.2, 0) is 33.4 Å². The Bertz CT molecular complexity index is 1820. The van der Waals surface area contributed by atoms with E-state index in [2.05, 4.69) is 26.2 Å². The van der Waals surface area contributed by atoms with E-state index in [-0.39, 0.29) is 72.8 Å². The van der Waals surface area contributed by atoms with Crippen LogP contribution in [0.25, 0.3) is 0 Å². The lowest BCUT2D eigenvalue weighted by Gasteiger charge is -2.57. The third kappa shape index (κ3) is 5.64. The second kappa shape index (κ2) is 13.6. The highest BCUT2D eigenvalue weighted by molar-refractivity contribution is 6.02. The predicted molar refractivity (Wildman–Crippen MR) is 207 cm³/mol. The fourth-order valence-corrected chi connectivity index (χ4v) is 14.6. The SMILES string of the molecule is C=CC1(OC(=O)CCCC(=O)OC(=O)C2(O)CCC3C4CCC5=CC(=O)C=CC5(C)C4C(=O)CC32C)CCC2C3CCC4=CC(=C)CCC4C3CCC21CC. The van der Waals surface area contributed by atoms with E-state index in [1.54, 1.807) is 24.6 Å². The van der Waals surface area contributed by atoms with Crippen LogP contribution in [0.3, 0.4) is 0 Å². The highest BCUT2D eigenvalue weighted by Gasteiger charge is 2.70. The van der Waals surface area contributed by atoms with Gasteiger partial charge < -0.3 is 14.6 Å². The molecule has 0 aromatic rings. The summed E-state index contributed by atoms with van der Waals surface area (Å²) in [6.07, 6.45) is 20.8. The molecule has 8 nitrogen and oxygen atoms in total. The average molecular weight is 753 g/mol. The minimum absolute atomic E-state index is 0.00347. The number of allylic oxidation sites excluding steroid dienone is 7. The third-order valence-corrected chi connectivity index (χ3v) is 17.3. The number of esters is 3. The fraction of sp³-hybridized carbons (Fsp3) is 0.681. The largest absolute Gasteiger partial charge is 0.454 e. The van der Waals surface area contributed by atoms with Crippen LogP contribution in [0.5, 0.6) is 0 Å². The molecule has 1 N–H and O–H groups in total. The van der Waals surface area contributed by atoms with E-state index in [1.807, 2.05) is 19.1 Å². The summed E-state index contributed by atoms with van der Waals surface area (Å²) in [6.45, 7) is 14.5. The fourth-order valence-electron chi connectivity index (χ4n) is 14.6. The first-order valence-electron chi connectivity index (χ1n) is 21.3. The molecule has 6 fully saturated rings. The minimum Gasteiger partial charge on any atom is -0.454 e. The Labute approximate surface area is 326 Å². The van der Waals surface area contributed by atoms with Gasteiger partial charge in [0.2, 0.25) is 0 Å². The molecule has 8 aliphatic rings. The summed E-state index contributed by atoms with van der Waals surface area (Å²) >= 11 is 0. The molecule has 0 spiro atoms. The van der Waals surface area contributed by atoms with Crippen LogP contribution < -0.4 is 0 Å². The Hall–Kier alpha value is -3.39. The van der Waals surface area contributed by atoms with E-state index in [9.17, 15) is 29.1 Å². The molecule has 0 saturated heterocycles. The first-order chi connectivity index (χ1) is 26.1. The number of rotatable bonds is 8. The Kier molecular flexibility index (Phi) is 9.53. The molecular formula is C47H60O8. The molecule has 6 saturated carbocycles. The van der Waals surface area contributed by atoms with Crippen LogP contribution in [0.4, 0.5) is 0 Å². The lowest BCUT2D eigenvalue weighted by Crippen LogP contribution is -2.60. The lowest BCUT2D eigenvalue weighted by molar-refractivity contribution is -0.190. The number of aliphatic hydroxyl groups is 1. The molecule has 12 atom stereocenters. The van der Waals surface area contributed by atoms with E-state index in [0.29, 0.717) is 42.9 Å². The monoisotopic (exact) mass is 752 g/mol. The van der Waals surface area contributed by atoms with Gasteiger partial charge in [0.25, 0.3) is 0 Å². The zero-order chi connectivity index (χ0) is 39.1. The predicted octanol–water partition coefficient (Wildman–Crippen LogP) is 8.43. The van der Waals surface area contributed by atoms with Crippen molar-refractivity contribution in [3.63, 3.8) is 0 Å². The Balaban J connectivity index is 0.874. The molecule has 0 aromatic carbocycles. The molecule has 0 amide bonds. The zero-order valence-corrected chi connectivity index (χ0v) is 33.2. The summed E-state index contributed by atoms with van der Waals surface area (Å²) < 4.78 is 11.8. The molecule has 8 aliphatic carbocycles. The van der Waals surface area contributed by atoms with Crippen molar-refractivity contribution in [1.29, 1.82) is 0 Å². The Morgan fingerprint density at radius 3 is 2.40 bits per heavy atom. The Morgan fingerprint density at radius 1 is 0.891 bits per heavy atom. The lowest BCUT2D eigenvalue weighted by atomic mass is 9.47. The zero-order valence-electron chi connectivity index (χ0n) is 33.2. The van der Waals surface area contributed by atoms with Crippen molar-refractivity contribution in [1.82, 2.24) is 0 Å². The highest BCUT2D eigenvalue weighted by Crippen LogP contribution is 2.68. The van der Waals surface area contributed by atoms with Crippen LogP contribution in [0.1, 0.15) is 130 Å². The molecule has 8 rings (SSSR count). The number of ether oxygens (including phenoxy) is 2. The number of ketones is 2. The maximum absolute atomic E-state index is 13.9. The number of fused-ring (bicyclic) bond motifs is 10.